The molecule has 0 heterocycles. The van der Waals surface area contributed by atoms with Crippen LogP contribution in [0.25, 0.3) is 0 Å². The first kappa shape index (κ1) is 18.9. The van der Waals surface area contributed by atoms with Crippen molar-refractivity contribution in [1.29, 1.82) is 0 Å². The highest BCUT2D eigenvalue weighted by atomic mass is 16.2. The molecule has 0 bridgehead atoms. The van der Waals surface area contributed by atoms with Crippen LogP contribution in [-0.2, 0) is 9.59 Å². The van der Waals surface area contributed by atoms with Crippen LogP contribution in [0.2, 0.25) is 0 Å². The van der Waals surface area contributed by atoms with Gasteiger partial charge in [0.15, 0.2) is 0 Å². The van der Waals surface area contributed by atoms with E-state index in [1.165, 1.54) is 0 Å². The summed E-state index contributed by atoms with van der Waals surface area (Å²) >= 11 is 0. The van der Waals surface area contributed by atoms with Crippen molar-refractivity contribution in [3.63, 3.8) is 0 Å². The van der Waals surface area contributed by atoms with Gasteiger partial charge in [-0.05, 0) is 32.6 Å². The molecule has 0 fully saturated rings. The lowest BCUT2D eigenvalue weighted by atomic mass is 9.87. The van der Waals surface area contributed by atoms with Crippen LogP contribution in [0.4, 0.5) is 0 Å². The Bertz CT molecular complexity index is 322. The van der Waals surface area contributed by atoms with Gasteiger partial charge in [-0.15, -0.1) is 0 Å². The smallest absolute Gasteiger partial charge is 0.239 e. The topological polar surface area (TPSA) is 75.4 Å². The van der Waals surface area contributed by atoms with Crippen molar-refractivity contribution in [1.82, 2.24) is 10.2 Å². The average molecular weight is 285 g/mol. The highest BCUT2D eigenvalue weighted by Gasteiger charge is 2.22. The molecule has 0 rings (SSSR count). The zero-order valence-corrected chi connectivity index (χ0v) is 13.8. The summed E-state index contributed by atoms with van der Waals surface area (Å²) in [6.07, 6.45) is 1.08. The van der Waals surface area contributed by atoms with Gasteiger partial charge in [-0.2, -0.15) is 0 Å². The summed E-state index contributed by atoms with van der Waals surface area (Å²) in [6, 6.07) is -0.0795. The second kappa shape index (κ2) is 8.25. The average Bonchev–Trinajstić information content (AvgIpc) is 2.21. The van der Waals surface area contributed by atoms with E-state index in [4.69, 9.17) is 5.73 Å². The van der Waals surface area contributed by atoms with Gasteiger partial charge in [0.05, 0.1) is 6.54 Å². The summed E-state index contributed by atoms with van der Waals surface area (Å²) in [4.78, 5) is 25.4. The number of rotatable bonds is 7. The van der Waals surface area contributed by atoms with Crippen molar-refractivity contribution in [3.8, 4) is 0 Å². The molecule has 0 aromatic heterocycles. The molecule has 0 saturated carbocycles. The molecule has 0 saturated heterocycles. The van der Waals surface area contributed by atoms with Crippen LogP contribution in [0, 0.1) is 5.41 Å². The zero-order chi connectivity index (χ0) is 15.9. The van der Waals surface area contributed by atoms with Gasteiger partial charge in [0.1, 0.15) is 0 Å². The molecule has 0 aliphatic heterocycles. The highest BCUT2D eigenvalue weighted by molar-refractivity contribution is 5.85. The van der Waals surface area contributed by atoms with Crippen LogP contribution < -0.4 is 11.1 Å². The number of likely N-dealkylation sites (N-methyl/N-ethyl adjacent to an activating group) is 1. The fraction of sp³-hybridized carbons (Fsp3) is 0.867. The summed E-state index contributed by atoms with van der Waals surface area (Å²) in [5.41, 5.74) is 6.12. The van der Waals surface area contributed by atoms with Gasteiger partial charge >= 0.3 is 0 Å². The first-order chi connectivity index (χ1) is 9.05. The van der Waals surface area contributed by atoms with Gasteiger partial charge < -0.3 is 16.0 Å². The van der Waals surface area contributed by atoms with E-state index >= 15 is 0 Å². The van der Waals surface area contributed by atoms with E-state index in [2.05, 4.69) is 26.1 Å². The Hall–Kier alpha value is -1.10. The lowest BCUT2D eigenvalue weighted by Gasteiger charge is -2.26. The van der Waals surface area contributed by atoms with Gasteiger partial charge in [0, 0.05) is 25.0 Å². The summed E-state index contributed by atoms with van der Waals surface area (Å²) in [6.45, 7) is 12.6. The summed E-state index contributed by atoms with van der Waals surface area (Å²) in [5.74, 6) is -0.178. The Labute approximate surface area is 123 Å². The maximum absolute atomic E-state index is 12.2. The van der Waals surface area contributed by atoms with Crippen molar-refractivity contribution in [2.24, 2.45) is 11.1 Å². The summed E-state index contributed by atoms with van der Waals surface area (Å²) in [5, 5.41) is 2.79. The van der Waals surface area contributed by atoms with E-state index in [9.17, 15) is 9.59 Å². The van der Waals surface area contributed by atoms with E-state index in [1.54, 1.807) is 4.90 Å². The first-order valence-corrected chi connectivity index (χ1v) is 7.38. The zero-order valence-electron chi connectivity index (χ0n) is 13.8. The van der Waals surface area contributed by atoms with Gasteiger partial charge in [-0.25, -0.2) is 0 Å². The Morgan fingerprint density at radius 2 is 1.80 bits per heavy atom. The van der Waals surface area contributed by atoms with Crippen LogP contribution in [-0.4, -0.2) is 41.9 Å². The Kier molecular flexibility index (Phi) is 7.79. The van der Waals surface area contributed by atoms with Crippen molar-refractivity contribution in [3.05, 3.63) is 0 Å². The SMILES string of the molecule is CCN(CC(=O)NC(C)C)C(=O)CC(N)CC(C)(C)C. The van der Waals surface area contributed by atoms with Crippen LogP contribution in [0.5, 0.6) is 0 Å². The van der Waals surface area contributed by atoms with Crippen LogP contribution in [0.15, 0.2) is 0 Å². The minimum absolute atomic E-state index is 0.0526. The Morgan fingerprint density at radius 3 is 2.20 bits per heavy atom. The molecular formula is C15H31N3O2. The molecule has 0 aliphatic carbocycles. The van der Waals surface area contributed by atoms with Crippen molar-refractivity contribution in [2.75, 3.05) is 13.1 Å². The molecule has 3 N–H and O–H groups in total. The van der Waals surface area contributed by atoms with Crippen LogP contribution in [0.3, 0.4) is 0 Å². The lowest BCUT2D eigenvalue weighted by molar-refractivity contribution is -0.136. The van der Waals surface area contributed by atoms with Gasteiger partial charge in [-0.3, -0.25) is 9.59 Å². The Balaban J connectivity index is 4.37. The van der Waals surface area contributed by atoms with Crippen molar-refractivity contribution >= 4 is 11.8 Å². The number of hydrogen-bond donors (Lipinski definition) is 2. The molecule has 0 spiro atoms. The molecule has 0 aromatic rings. The van der Waals surface area contributed by atoms with E-state index in [0.717, 1.165) is 6.42 Å². The van der Waals surface area contributed by atoms with Crippen LogP contribution in [0.1, 0.15) is 54.4 Å². The second-order valence-corrected chi connectivity index (χ2v) is 6.86. The number of nitrogens with one attached hydrogen (secondary N) is 1. The number of nitrogens with two attached hydrogens (primary N) is 1. The molecule has 20 heavy (non-hydrogen) atoms. The summed E-state index contributed by atoms with van der Waals surface area (Å²) in [7, 11) is 0. The predicted octanol–water partition coefficient (Wildman–Crippen LogP) is 1.51. The van der Waals surface area contributed by atoms with E-state index in [0.29, 0.717) is 13.0 Å². The molecule has 0 aliphatic rings. The third-order valence-electron chi connectivity index (χ3n) is 2.83. The third-order valence-corrected chi connectivity index (χ3v) is 2.83. The minimum Gasteiger partial charge on any atom is -0.352 e. The normalized spacial score (nSPS) is 13.2. The van der Waals surface area contributed by atoms with Crippen molar-refractivity contribution in [2.45, 2.75) is 66.5 Å². The number of carbonyl (C=O) groups is 2. The van der Waals surface area contributed by atoms with E-state index < -0.39 is 0 Å². The maximum atomic E-state index is 12.2. The van der Waals surface area contributed by atoms with E-state index in [-0.39, 0.29) is 35.9 Å². The van der Waals surface area contributed by atoms with E-state index in [1.807, 2.05) is 20.8 Å². The van der Waals surface area contributed by atoms with Gasteiger partial charge in [0.2, 0.25) is 11.8 Å². The minimum atomic E-state index is -0.162. The highest BCUT2D eigenvalue weighted by Crippen LogP contribution is 2.21. The molecule has 2 amide bonds. The number of amides is 2. The molecular weight excluding hydrogens is 254 g/mol. The molecule has 1 atom stereocenters. The predicted molar refractivity (Wildman–Crippen MR) is 82.2 cm³/mol. The van der Waals surface area contributed by atoms with Gasteiger partial charge in [0.25, 0.3) is 0 Å². The van der Waals surface area contributed by atoms with Crippen molar-refractivity contribution < 1.29 is 9.59 Å². The first-order valence-electron chi connectivity index (χ1n) is 7.38. The lowest BCUT2D eigenvalue weighted by Crippen LogP contribution is -2.44. The third kappa shape index (κ3) is 8.91. The number of hydrogen-bond acceptors (Lipinski definition) is 3. The largest absolute Gasteiger partial charge is 0.352 e. The fourth-order valence-electron chi connectivity index (χ4n) is 2.13. The molecule has 1 unspecified atom stereocenters. The number of carbonyl (C=O) groups excluding carboxylic acids is 2. The van der Waals surface area contributed by atoms with Crippen LogP contribution >= 0.6 is 0 Å². The molecule has 118 valence electrons. The second-order valence-electron chi connectivity index (χ2n) is 6.86. The number of nitrogens with zero attached hydrogens (tertiary/aromatic N) is 1. The monoisotopic (exact) mass is 285 g/mol. The maximum Gasteiger partial charge on any atom is 0.239 e. The van der Waals surface area contributed by atoms with Gasteiger partial charge in [-0.1, -0.05) is 20.8 Å². The molecule has 5 nitrogen and oxygen atoms in total. The fourth-order valence-corrected chi connectivity index (χ4v) is 2.13. The summed E-state index contributed by atoms with van der Waals surface area (Å²) < 4.78 is 0. The quantitative estimate of drug-likeness (QED) is 0.744. The molecule has 0 radical (unpaired) electrons. The standard InChI is InChI=1S/C15H31N3O2/c1-7-18(10-13(19)17-11(2)3)14(20)8-12(16)9-15(4,5)6/h11-12H,7-10,16H2,1-6H3,(H,17,19). The Morgan fingerprint density at radius 1 is 1.25 bits per heavy atom. The molecule has 0 aromatic carbocycles. The molecule has 5 heteroatoms.